The predicted octanol–water partition coefficient (Wildman–Crippen LogP) is 6.94. The molecule has 0 spiro atoms. The van der Waals surface area contributed by atoms with Crippen LogP contribution in [0.2, 0.25) is 0 Å². The third kappa shape index (κ3) is 3.41. The van der Waals surface area contributed by atoms with E-state index >= 15 is 0 Å². The molecule has 0 aliphatic rings. The standard InChI is InChI=1S/C27H20N2/c1-19-28-26-16-15-24(18-25(26)27(29-19)21-11-6-3-7-12-21)23-14-8-13-22(17-23)20-9-4-2-5-10-20/h2-18H,1H3. The first-order valence-corrected chi connectivity index (χ1v) is 9.78. The van der Waals surface area contributed by atoms with E-state index in [0.717, 1.165) is 28.0 Å². The fourth-order valence-electron chi connectivity index (χ4n) is 3.75. The second-order valence-corrected chi connectivity index (χ2v) is 7.16. The van der Waals surface area contributed by atoms with Gasteiger partial charge in [0.05, 0.1) is 11.2 Å². The third-order valence-electron chi connectivity index (χ3n) is 5.16. The van der Waals surface area contributed by atoms with Crippen molar-refractivity contribution in [2.75, 3.05) is 0 Å². The molecule has 0 saturated carbocycles. The summed E-state index contributed by atoms with van der Waals surface area (Å²) in [5.74, 6) is 0.787. The molecule has 138 valence electrons. The van der Waals surface area contributed by atoms with E-state index in [4.69, 9.17) is 4.98 Å². The predicted molar refractivity (Wildman–Crippen MR) is 121 cm³/mol. The first kappa shape index (κ1) is 17.3. The van der Waals surface area contributed by atoms with Crippen molar-refractivity contribution >= 4 is 10.9 Å². The fraction of sp³-hybridized carbons (Fsp3) is 0.0370. The van der Waals surface area contributed by atoms with E-state index in [9.17, 15) is 0 Å². The molecule has 0 atom stereocenters. The van der Waals surface area contributed by atoms with Crippen LogP contribution in [-0.2, 0) is 0 Å². The zero-order valence-corrected chi connectivity index (χ0v) is 16.2. The van der Waals surface area contributed by atoms with Crippen LogP contribution in [0.1, 0.15) is 5.82 Å². The largest absolute Gasteiger partial charge is 0.233 e. The third-order valence-corrected chi connectivity index (χ3v) is 5.16. The van der Waals surface area contributed by atoms with E-state index in [1.165, 1.54) is 22.3 Å². The van der Waals surface area contributed by atoms with Crippen LogP contribution in [0.3, 0.4) is 0 Å². The highest BCUT2D eigenvalue weighted by Gasteiger charge is 2.10. The van der Waals surface area contributed by atoms with Crippen LogP contribution in [0, 0.1) is 6.92 Å². The van der Waals surface area contributed by atoms with Crippen molar-refractivity contribution in [3.05, 3.63) is 109 Å². The number of hydrogen-bond donors (Lipinski definition) is 0. The number of nitrogens with zero attached hydrogens (tertiary/aromatic N) is 2. The fourth-order valence-corrected chi connectivity index (χ4v) is 3.75. The van der Waals surface area contributed by atoms with Gasteiger partial charge in [-0.3, -0.25) is 0 Å². The van der Waals surface area contributed by atoms with Gasteiger partial charge in [0.25, 0.3) is 0 Å². The first-order chi connectivity index (χ1) is 14.3. The molecule has 0 radical (unpaired) electrons. The van der Waals surface area contributed by atoms with Crippen molar-refractivity contribution in [2.45, 2.75) is 6.92 Å². The SMILES string of the molecule is Cc1nc(-c2ccccc2)c2cc(-c3cccc(-c4ccccc4)c3)ccc2n1. The summed E-state index contributed by atoms with van der Waals surface area (Å²) in [6, 6.07) is 35.9. The molecule has 4 aromatic carbocycles. The van der Waals surface area contributed by atoms with E-state index in [2.05, 4.69) is 83.8 Å². The molecule has 0 unspecified atom stereocenters. The number of rotatable bonds is 3. The van der Waals surface area contributed by atoms with Gasteiger partial charge in [-0.15, -0.1) is 0 Å². The Morgan fingerprint density at radius 1 is 0.483 bits per heavy atom. The van der Waals surface area contributed by atoms with Crippen LogP contribution in [0.25, 0.3) is 44.4 Å². The topological polar surface area (TPSA) is 25.8 Å². The van der Waals surface area contributed by atoms with Crippen LogP contribution in [0.5, 0.6) is 0 Å². The molecule has 5 rings (SSSR count). The van der Waals surface area contributed by atoms with Crippen LogP contribution in [-0.4, -0.2) is 9.97 Å². The highest BCUT2D eigenvalue weighted by molar-refractivity contribution is 5.95. The van der Waals surface area contributed by atoms with Crippen molar-refractivity contribution in [1.29, 1.82) is 0 Å². The second-order valence-electron chi connectivity index (χ2n) is 7.16. The number of hydrogen-bond acceptors (Lipinski definition) is 2. The molecule has 0 fully saturated rings. The van der Waals surface area contributed by atoms with Crippen molar-refractivity contribution in [1.82, 2.24) is 9.97 Å². The van der Waals surface area contributed by atoms with Gasteiger partial charge in [-0.25, -0.2) is 9.97 Å². The monoisotopic (exact) mass is 372 g/mol. The van der Waals surface area contributed by atoms with E-state index in [1.54, 1.807) is 0 Å². The highest BCUT2D eigenvalue weighted by atomic mass is 14.9. The van der Waals surface area contributed by atoms with Crippen molar-refractivity contribution in [3.8, 4) is 33.5 Å². The van der Waals surface area contributed by atoms with Gasteiger partial charge in [0.15, 0.2) is 0 Å². The maximum Gasteiger partial charge on any atom is 0.126 e. The minimum atomic E-state index is 0.787. The first-order valence-electron chi connectivity index (χ1n) is 9.78. The van der Waals surface area contributed by atoms with Gasteiger partial charge in [0, 0.05) is 10.9 Å². The number of benzene rings is 4. The molecule has 5 aromatic rings. The van der Waals surface area contributed by atoms with Crippen molar-refractivity contribution in [2.24, 2.45) is 0 Å². The summed E-state index contributed by atoms with van der Waals surface area (Å²) in [7, 11) is 0. The van der Waals surface area contributed by atoms with Crippen LogP contribution < -0.4 is 0 Å². The molecule has 2 nitrogen and oxygen atoms in total. The maximum atomic E-state index is 4.76. The summed E-state index contributed by atoms with van der Waals surface area (Å²) < 4.78 is 0. The smallest absolute Gasteiger partial charge is 0.126 e. The van der Waals surface area contributed by atoms with Gasteiger partial charge in [-0.2, -0.15) is 0 Å². The lowest BCUT2D eigenvalue weighted by Crippen LogP contribution is -1.94. The Bertz CT molecular complexity index is 1290. The molecule has 0 N–H and O–H groups in total. The molecule has 0 aliphatic heterocycles. The van der Waals surface area contributed by atoms with Crippen LogP contribution in [0.15, 0.2) is 103 Å². The van der Waals surface area contributed by atoms with Crippen molar-refractivity contribution < 1.29 is 0 Å². The number of fused-ring (bicyclic) bond motifs is 1. The summed E-state index contributed by atoms with van der Waals surface area (Å²) in [4.78, 5) is 9.41. The molecular weight excluding hydrogens is 352 g/mol. The summed E-state index contributed by atoms with van der Waals surface area (Å²) in [5, 5.41) is 1.07. The minimum Gasteiger partial charge on any atom is -0.233 e. The van der Waals surface area contributed by atoms with Crippen molar-refractivity contribution in [3.63, 3.8) is 0 Å². The Labute approximate surface area is 170 Å². The normalized spacial score (nSPS) is 10.9. The van der Waals surface area contributed by atoms with Crippen LogP contribution >= 0.6 is 0 Å². The lowest BCUT2D eigenvalue weighted by molar-refractivity contribution is 1.10. The van der Waals surface area contributed by atoms with E-state index in [1.807, 2.05) is 31.2 Å². The van der Waals surface area contributed by atoms with Gasteiger partial charge in [0.2, 0.25) is 0 Å². The zero-order chi connectivity index (χ0) is 19.6. The van der Waals surface area contributed by atoms with Gasteiger partial charge in [-0.05, 0) is 47.4 Å². The minimum absolute atomic E-state index is 0.787. The molecule has 1 aromatic heterocycles. The van der Waals surface area contributed by atoms with Gasteiger partial charge < -0.3 is 0 Å². The van der Waals surface area contributed by atoms with E-state index in [0.29, 0.717) is 0 Å². The Morgan fingerprint density at radius 2 is 1.07 bits per heavy atom. The van der Waals surface area contributed by atoms with Gasteiger partial charge in [-0.1, -0.05) is 84.9 Å². The average molecular weight is 372 g/mol. The molecule has 0 bridgehead atoms. The Morgan fingerprint density at radius 3 is 1.79 bits per heavy atom. The quantitative estimate of drug-likeness (QED) is 0.343. The van der Waals surface area contributed by atoms with E-state index in [-0.39, 0.29) is 0 Å². The second kappa shape index (κ2) is 7.33. The summed E-state index contributed by atoms with van der Waals surface area (Å²) in [6.45, 7) is 1.95. The van der Waals surface area contributed by atoms with Gasteiger partial charge >= 0.3 is 0 Å². The molecule has 0 saturated heterocycles. The summed E-state index contributed by atoms with van der Waals surface area (Å²) in [5.41, 5.74) is 7.85. The Hall–Kier alpha value is -3.78. The molecule has 0 aliphatic carbocycles. The lowest BCUT2D eigenvalue weighted by atomic mass is 9.97. The zero-order valence-electron chi connectivity index (χ0n) is 16.2. The molecule has 0 amide bonds. The Balaban J connectivity index is 1.67. The molecule has 1 heterocycles. The summed E-state index contributed by atoms with van der Waals surface area (Å²) >= 11 is 0. The Kier molecular flexibility index (Phi) is 4.38. The molecular formula is C27H20N2. The molecule has 2 heteroatoms. The lowest BCUT2D eigenvalue weighted by Gasteiger charge is -2.10. The molecule has 29 heavy (non-hydrogen) atoms. The van der Waals surface area contributed by atoms with Gasteiger partial charge in [0.1, 0.15) is 5.82 Å². The summed E-state index contributed by atoms with van der Waals surface area (Å²) in [6.07, 6.45) is 0. The van der Waals surface area contributed by atoms with E-state index < -0.39 is 0 Å². The number of aryl methyl sites for hydroxylation is 1. The maximum absolute atomic E-state index is 4.76. The highest BCUT2D eigenvalue weighted by Crippen LogP contribution is 2.32. The van der Waals surface area contributed by atoms with Crippen LogP contribution in [0.4, 0.5) is 0 Å². The number of aromatic nitrogens is 2. The average Bonchev–Trinajstić information content (AvgIpc) is 2.79.